The van der Waals surface area contributed by atoms with Crippen LogP contribution in [0.2, 0.25) is 0 Å². The van der Waals surface area contributed by atoms with E-state index in [1.165, 1.54) is 28.2 Å². The summed E-state index contributed by atoms with van der Waals surface area (Å²) in [7, 11) is 0. The second-order valence-electron chi connectivity index (χ2n) is 9.65. The second kappa shape index (κ2) is 9.05. The molecule has 2 aromatic heterocycles. The Morgan fingerprint density at radius 1 is 0.806 bits per heavy atom. The molecule has 6 rings (SSSR count). The topological polar surface area (TPSA) is 47.6 Å². The summed E-state index contributed by atoms with van der Waals surface area (Å²) in [5, 5.41) is 10.2. The molecule has 0 unspecified atom stereocenters. The lowest BCUT2D eigenvalue weighted by Gasteiger charge is -2.39. The largest absolute Gasteiger partial charge is 0.368 e. The molecule has 0 saturated carbocycles. The Kier molecular flexibility index (Phi) is 5.58. The number of aryl methyl sites for hydroxylation is 1. The highest BCUT2D eigenvalue weighted by atomic mass is 15.3. The normalized spacial score (nSPS) is 13.9. The number of piperazine rings is 1. The Balaban J connectivity index is 1.50. The molecule has 1 fully saturated rings. The fourth-order valence-corrected chi connectivity index (χ4v) is 5.44. The van der Waals surface area contributed by atoms with E-state index < -0.39 is 0 Å². The molecule has 3 aromatic carbocycles. The summed E-state index contributed by atoms with van der Waals surface area (Å²) < 4.78 is 2.24. The molecule has 0 N–H and O–H groups in total. The number of pyridine rings is 1. The van der Waals surface area contributed by atoms with Crippen LogP contribution in [0.5, 0.6) is 0 Å². The predicted octanol–water partition coefficient (Wildman–Crippen LogP) is 5.89. The molecule has 1 aliphatic rings. The molecule has 0 aliphatic carbocycles. The maximum absolute atomic E-state index is 10.2. The van der Waals surface area contributed by atoms with Crippen LogP contribution in [-0.4, -0.2) is 35.6 Å². The summed E-state index contributed by atoms with van der Waals surface area (Å²) in [6.45, 7) is 7.92. The fraction of sp³-hybridized carbons (Fsp3) is 0.226. The molecule has 5 heteroatoms. The first-order chi connectivity index (χ1) is 17.6. The molecule has 1 aliphatic heterocycles. The first-order valence-electron chi connectivity index (χ1n) is 12.6. The number of fused-ring (bicyclic) bond motifs is 3. The summed E-state index contributed by atoms with van der Waals surface area (Å²) in [6.07, 6.45) is 0.775. The van der Waals surface area contributed by atoms with Gasteiger partial charge in [-0.3, -0.25) is 4.40 Å². The van der Waals surface area contributed by atoms with Gasteiger partial charge in [0.2, 0.25) is 0 Å². The van der Waals surface area contributed by atoms with Crippen LogP contribution in [0.25, 0.3) is 16.7 Å². The Hall–Kier alpha value is -4.30. The van der Waals surface area contributed by atoms with Crippen molar-refractivity contribution in [2.24, 2.45) is 0 Å². The first-order valence-corrected chi connectivity index (χ1v) is 12.6. The molecule has 0 atom stereocenters. The standard InChI is InChI=1S/C31H29N5/c1-22-12-14-25(15-13-22)34-16-18-35(19-17-34)31-26(20-24-8-4-3-5-9-24)23(2)27(21-32)30-33-28-10-6-7-11-29(28)36(30)31/h3-15H,16-20H2,1-2H3. The monoisotopic (exact) mass is 471 g/mol. The highest BCUT2D eigenvalue weighted by Gasteiger charge is 2.27. The molecule has 0 spiro atoms. The maximum atomic E-state index is 10.2. The number of para-hydroxylation sites is 2. The van der Waals surface area contributed by atoms with Gasteiger partial charge in [0, 0.05) is 43.9 Å². The van der Waals surface area contributed by atoms with Crippen LogP contribution >= 0.6 is 0 Å². The Labute approximate surface area is 211 Å². The van der Waals surface area contributed by atoms with Crippen molar-refractivity contribution in [1.82, 2.24) is 9.38 Å². The van der Waals surface area contributed by atoms with Gasteiger partial charge in [-0.1, -0.05) is 60.2 Å². The third-order valence-corrected chi connectivity index (χ3v) is 7.41. The van der Waals surface area contributed by atoms with Gasteiger partial charge in [-0.2, -0.15) is 5.26 Å². The lowest BCUT2D eigenvalue weighted by atomic mass is 9.97. The first kappa shape index (κ1) is 22.2. The van der Waals surface area contributed by atoms with Crippen LogP contribution in [0.4, 0.5) is 11.5 Å². The molecule has 0 bridgehead atoms. The lowest BCUT2D eigenvalue weighted by Crippen LogP contribution is -2.47. The number of nitrogens with zero attached hydrogens (tertiary/aromatic N) is 5. The molecular formula is C31H29N5. The van der Waals surface area contributed by atoms with Crippen molar-refractivity contribution in [2.45, 2.75) is 20.3 Å². The van der Waals surface area contributed by atoms with E-state index in [1.807, 2.05) is 12.1 Å². The van der Waals surface area contributed by atoms with Crippen molar-refractivity contribution >= 4 is 28.2 Å². The van der Waals surface area contributed by atoms with Crippen LogP contribution in [0.3, 0.4) is 0 Å². The van der Waals surface area contributed by atoms with E-state index in [0.717, 1.165) is 54.8 Å². The summed E-state index contributed by atoms with van der Waals surface area (Å²) in [5.41, 5.74) is 9.43. The van der Waals surface area contributed by atoms with Gasteiger partial charge in [-0.25, -0.2) is 4.98 Å². The molecule has 3 heterocycles. The number of nitriles is 1. The highest BCUT2D eigenvalue weighted by molar-refractivity contribution is 5.86. The number of benzene rings is 3. The molecule has 36 heavy (non-hydrogen) atoms. The summed E-state index contributed by atoms with van der Waals surface area (Å²) >= 11 is 0. The number of hydrogen-bond donors (Lipinski definition) is 0. The van der Waals surface area contributed by atoms with Crippen LogP contribution in [-0.2, 0) is 6.42 Å². The fourth-order valence-electron chi connectivity index (χ4n) is 5.44. The third kappa shape index (κ3) is 3.76. The molecule has 178 valence electrons. The van der Waals surface area contributed by atoms with Gasteiger partial charge in [0.05, 0.1) is 16.6 Å². The lowest BCUT2D eigenvalue weighted by molar-refractivity contribution is 0.643. The maximum Gasteiger partial charge on any atom is 0.157 e. The van der Waals surface area contributed by atoms with E-state index >= 15 is 0 Å². The molecule has 0 radical (unpaired) electrons. The molecule has 1 saturated heterocycles. The Bertz CT molecular complexity index is 1580. The Morgan fingerprint density at radius 3 is 2.19 bits per heavy atom. The molecule has 5 aromatic rings. The minimum absolute atomic E-state index is 0.666. The number of hydrogen-bond acceptors (Lipinski definition) is 4. The van der Waals surface area contributed by atoms with Gasteiger partial charge >= 0.3 is 0 Å². The van der Waals surface area contributed by atoms with Gasteiger partial charge in [0.25, 0.3) is 0 Å². The zero-order valence-electron chi connectivity index (χ0n) is 20.8. The van der Waals surface area contributed by atoms with Crippen LogP contribution in [0, 0.1) is 25.2 Å². The van der Waals surface area contributed by atoms with Crippen LogP contribution < -0.4 is 9.80 Å². The minimum Gasteiger partial charge on any atom is -0.368 e. The van der Waals surface area contributed by atoms with E-state index in [4.69, 9.17) is 4.98 Å². The SMILES string of the molecule is Cc1ccc(N2CCN(c3c(Cc4ccccc4)c(C)c(C#N)c4nc5ccccc5n34)CC2)cc1. The van der Waals surface area contributed by atoms with Crippen LogP contribution in [0.15, 0.2) is 78.9 Å². The molecule has 0 amide bonds. The van der Waals surface area contributed by atoms with Crippen molar-refractivity contribution < 1.29 is 0 Å². The summed E-state index contributed by atoms with van der Waals surface area (Å²) in [6, 6.07) is 30.1. The summed E-state index contributed by atoms with van der Waals surface area (Å²) in [4.78, 5) is 9.89. The number of imidazole rings is 1. The zero-order chi connectivity index (χ0) is 24.6. The molecular weight excluding hydrogens is 442 g/mol. The van der Waals surface area contributed by atoms with Crippen molar-refractivity contribution in [3.8, 4) is 6.07 Å². The van der Waals surface area contributed by atoms with Crippen molar-refractivity contribution in [3.63, 3.8) is 0 Å². The minimum atomic E-state index is 0.666. The molecule has 5 nitrogen and oxygen atoms in total. The van der Waals surface area contributed by atoms with Gasteiger partial charge in [-0.15, -0.1) is 0 Å². The van der Waals surface area contributed by atoms with Crippen LogP contribution in [0.1, 0.15) is 27.8 Å². The van der Waals surface area contributed by atoms with Gasteiger partial charge < -0.3 is 9.80 Å². The quantitative estimate of drug-likeness (QED) is 0.328. The van der Waals surface area contributed by atoms with E-state index in [9.17, 15) is 5.26 Å². The smallest absolute Gasteiger partial charge is 0.157 e. The number of rotatable bonds is 4. The zero-order valence-corrected chi connectivity index (χ0v) is 20.8. The van der Waals surface area contributed by atoms with Gasteiger partial charge in [-0.05, 0) is 49.2 Å². The van der Waals surface area contributed by atoms with E-state index in [2.05, 4.69) is 101 Å². The van der Waals surface area contributed by atoms with Crippen molar-refractivity contribution in [1.29, 1.82) is 5.26 Å². The predicted molar refractivity (Wildman–Crippen MR) is 147 cm³/mol. The van der Waals surface area contributed by atoms with E-state index in [1.54, 1.807) is 0 Å². The van der Waals surface area contributed by atoms with E-state index in [-0.39, 0.29) is 0 Å². The van der Waals surface area contributed by atoms with Gasteiger partial charge in [0.1, 0.15) is 11.9 Å². The number of aromatic nitrogens is 2. The Morgan fingerprint density at radius 2 is 1.47 bits per heavy atom. The third-order valence-electron chi connectivity index (χ3n) is 7.41. The van der Waals surface area contributed by atoms with Crippen molar-refractivity contribution in [3.05, 3.63) is 107 Å². The van der Waals surface area contributed by atoms with Gasteiger partial charge in [0.15, 0.2) is 5.65 Å². The summed E-state index contributed by atoms with van der Waals surface area (Å²) in [5.74, 6) is 1.17. The van der Waals surface area contributed by atoms with E-state index in [0.29, 0.717) is 5.56 Å². The van der Waals surface area contributed by atoms with Crippen molar-refractivity contribution in [2.75, 3.05) is 36.0 Å². The average molecular weight is 472 g/mol. The highest BCUT2D eigenvalue weighted by Crippen LogP contribution is 2.35. The average Bonchev–Trinajstić information content (AvgIpc) is 3.29. The second-order valence-corrected chi connectivity index (χ2v) is 9.65. The number of anilines is 2.